The van der Waals surface area contributed by atoms with Gasteiger partial charge in [-0.25, -0.2) is 0 Å². The molecule has 0 atom stereocenters. The van der Waals surface area contributed by atoms with Crippen molar-refractivity contribution in [1.82, 2.24) is 0 Å². The molecule has 0 saturated carbocycles. The van der Waals surface area contributed by atoms with Crippen molar-refractivity contribution >= 4 is 35.0 Å². The second-order valence-electron chi connectivity index (χ2n) is 3.76. The lowest BCUT2D eigenvalue weighted by atomic mass is 10.2. The first-order valence-corrected chi connectivity index (χ1v) is 6.81. The monoisotopic (exact) mass is 255 g/mol. The average Bonchev–Trinajstić information content (AvgIpc) is 2.41. The summed E-state index contributed by atoms with van der Waals surface area (Å²) in [4.78, 5) is 15.0. The van der Waals surface area contributed by atoms with E-state index in [1.807, 2.05) is 23.1 Å². The van der Waals surface area contributed by atoms with E-state index in [9.17, 15) is 4.79 Å². The van der Waals surface area contributed by atoms with Crippen molar-refractivity contribution in [2.75, 3.05) is 17.2 Å². The second kappa shape index (κ2) is 5.11. The number of hydrogen-bond acceptors (Lipinski definition) is 2. The van der Waals surface area contributed by atoms with Crippen molar-refractivity contribution < 1.29 is 4.79 Å². The first-order valence-electron chi connectivity index (χ1n) is 5.45. The Kier molecular flexibility index (Phi) is 3.77. The summed E-state index contributed by atoms with van der Waals surface area (Å²) >= 11 is 7.73. The molecular formula is C12H14ClNOS. The largest absolute Gasteiger partial charge is 0.311 e. The maximum absolute atomic E-state index is 11.9. The Hall–Kier alpha value is -0.670. The molecule has 86 valence electrons. The quantitative estimate of drug-likeness (QED) is 0.805. The first kappa shape index (κ1) is 11.8. The molecule has 4 heteroatoms. The van der Waals surface area contributed by atoms with Crippen LogP contribution < -0.4 is 4.90 Å². The van der Waals surface area contributed by atoms with E-state index < -0.39 is 0 Å². The average molecular weight is 256 g/mol. The van der Waals surface area contributed by atoms with E-state index >= 15 is 0 Å². The maximum atomic E-state index is 11.9. The van der Waals surface area contributed by atoms with Crippen molar-refractivity contribution in [3.8, 4) is 0 Å². The Balaban J connectivity index is 2.43. The number of benzene rings is 1. The second-order valence-corrected chi connectivity index (χ2v) is 5.33. The number of carbonyl (C=O) groups is 1. The number of fused-ring (bicyclic) bond motifs is 1. The number of hydrogen-bond donors (Lipinski definition) is 0. The topological polar surface area (TPSA) is 20.3 Å². The number of halogens is 1. The fraction of sp³-hybridized carbons (Fsp3) is 0.417. The van der Waals surface area contributed by atoms with E-state index in [1.54, 1.807) is 11.8 Å². The number of carbonyl (C=O) groups excluding carboxylic acids is 1. The normalized spacial score (nSPS) is 15.9. The minimum Gasteiger partial charge on any atom is -0.311 e. The summed E-state index contributed by atoms with van der Waals surface area (Å²) in [5.74, 6) is 1.06. The highest BCUT2D eigenvalue weighted by atomic mass is 35.5. The molecule has 0 aromatic heterocycles. The van der Waals surface area contributed by atoms with Crippen LogP contribution in [-0.4, -0.2) is 18.2 Å². The van der Waals surface area contributed by atoms with Gasteiger partial charge in [0.25, 0.3) is 0 Å². The highest BCUT2D eigenvalue weighted by molar-refractivity contribution is 7.99. The van der Waals surface area contributed by atoms with Gasteiger partial charge in [-0.15, -0.1) is 11.8 Å². The Morgan fingerprint density at radius 3 is 3.06 bits per heavy atom. The first-order chi connectivity index (χ1) is 7.72. The SMILES string of the molecule is CCCN1C(=O)CCSc2ccc(Cl)cc21. The molecule has 1 heterocycles. The van der Waals surface area contributed by atoms with Gasteiger partial charge in [-0.05, 0) is 24.6 Å². The summed E-state index contributed by atoms with van der Waals surface area (Å²) < 4.78 is 0. The molecule has 1 aromatic rings. The van der Waals surface area contributed by atoms with Gasteiger partial charge in [0, 0.05) is 28.6 Å². The van der Waals surface area contributed by atoms with Gasteiger partial charge in [0.15, 0.2) is 0 Å². The van der Waals surface area contributed by atoms with Gasteiger partial charge in [0.2, 0.25) is 5.91 Å². The smallest absolute Gasteiger partial charge is 0.227 e. The van der Waals surface area contributed by atoms with Crippen LogP contribution in [0.3, 0.4) is 0 Å². The fourth-order valence-corrected chi connectivity index (χ4v) is 2.95. The molecule has 0 bridgehead atoms. The van der Waals surface area contributed by atoms with Crippen LogP contribution in [0.5, 0.6) is 0 Å². The summed E-state index contributed by atoms with van der Waals surface area (Å²) in [6.07, 6.45) is 1.57. The van der Waals surface area contributed by atoms with Gasteiger partial charge >= 0.3 is 0 Å². The van der Waals surface area contributed by atoms with Crippen LogP contribution in [0.15, 0.2) is 23.1 Å². The summed E-state index contributed by atoms with van der Waals surface area (Å²) in [5.41, 5.74) is 0.974. The van der Waals surface area contributed by atoms with Crippen LogP contribution in [-0.2, 0) is 4.79 Å². The van der Waals surface area contributed by atoms with E-state index in [1.165, 1.54) is 0 Å². The van der Waals surface area contributed by atoms with Crippen molar-refractivity contribution in [2.45, 2.75) is 24.7 Å². The summed E-state index contributed by atoms with van der Waals surface area (Å²) in [5, 5.41) is 0.690. The van der Waals surface area contributed by atoms with Gasteiger partial charge in [-0.1, -0.05) is 18.5 Å². The lowest BCUT2D eigenvalue weighted by molar-refractivity contribution is -0.118. The van der Waals surface area contributed by atoms with Crippen LogP contribution in [0.1, 0.15) is 19.8 Å². The highest BCUT2D eigenvalue weighted by Crippen LogP contribution is 2.36. The third kappa shape index (κ3) is 2.36. The molecule has 16 heavy (non-hydrogen) atoms. The minimum atomic E-state index is 0.204. The Bertz CT molecular complexity index is 408. The highest BCUT2D eigenvalue weighted by Gasteiger charge is 2.21. The predicted octanol–water partition coefficient (Wildman–Crippen LogP) is 3.58. The molecule has 0 spiro atoms. The van der Waals surface area contributed by atoms with E-state index in [0.29, 0.717) is 11.4 Å². The van der Waals surface area contributed by atoms with Crippen LogP contribution in [0.2, 0.25) is 5.02 Å². The zero-order valence-electron chi connectivity index (χ0n) is 9.20. The minimum absolute atomic E-state index is 0.204. The number of amides is 1. The molecule has 2 nitrogen and oxygen atoms in total. The van der Waals surface area contributed by atoms with Crippen LogP contribution in [0, 0.1) is 0 Å². The molecule has 0 N–H and O–H groups in total. The molecule has 0 unspecified atom stereocenters. The Morgan fingerprint density at radius 1 is 1.50 bits per heavy atom. The van der Waals surface area contributed by atoms with Gasteiger partial charge in [0.05, 0.1) is 5.69 Å². The van der Waals surface area contributed by atoms with E-state index in [2.05, 4.69) is 6.92 Å². The van der Waals surface area contributed by atoms with E-state index in [4.69, 9.17) is 11.6 Å². The molecule has 1 aromatic carbocycles. The number of nitrogens with zero attached hydrogens (tertiary/aromatic N) is 1. The van der Waals surface area contributed by atoms with Crippen molar-refractivity contribution in [3.05, 3.63) is 23.2 Å². The van der Waals surface area contributed by atoms with Gasteiger partial charge in [0.1, 0.15) is 0 Å². The molecule has 0 aliphatic carbocycles. The van der Waals surface area contributed by atoms with Gasteiger partial charge in [-0.2, -0.15) is 0 Å². The summed E-state index contributed by atoms with van der Waals surface area (Å²) in [6.45, 7) is 2.85. The third-order valence-corrected chi connectivity index (χ3v) is 3.83. The van der Waals surface area contributed by atoms with Crippen molar-refractivity contribution in [3.63, 3.8) is 0 Å². The molecule has 0 fully saturated rings. The summed E-state index contributed by atoms with van der Waals surface area (Å²) in [7, 11) is 0. The third-order valence-electron chi connectivity index (χ3n) is 2.53. The summed E-state index contributed by atoms with van der Waals surface area (Å²) in [6, 6.07) is 5.78. The van der Waals surface area contributed by atoms with E-state index in [-0.39, 0.29) is 5.91 Å². The Morgan fingerprint density at radius 2 is 2.31 bits per heavy atom. The van der Waals surface area contributed by atoms with Crippen molar-refractivity contribution in [1.29, 1.82) is 0 Å². The van der Waals surface area contributed by atoms with Gasteiger partial charge < -0.3 is 4.90 Å². The van der Waals surface area contributed by atoms with Crippen LogP contribution >= 0.6 is 23.4 Å². The zero-order chi connectivity index (χ0) is 11.5. The molecule has 1 aliphatic heterocycles. The van der Waals surface area contributed by atoms with Crippen molar-refractivity contribution in [2.24, 2.45) is 0 Å². The lowest BCUT2D eigenvalue weighted by Crippen LogP contribution is -2.31. The van der Waals surface area contributed by atoms with Crippen LogP contribution in [0.25, 0.3) is 0 Å². The maximum Gasteiger partial charge on any atom is 0.227 e. The lowest BCUT2D eigenvalue weighted by Gasteiger charge is -2.22. The number of thioether (sulfide) groups is 1. The fourth-order valence-electron chi connectivity index (χ4n) is 1.81. The molecule has 2 rings (SSSR count). The number of anilines is 1. The predicted molar refractivity (Wildman–Crippen MR) is 69.4 cm³/mol. The molecule has 1 aliphatic rings. The number of rotatable bonds is 2. The Labute approximate surface area is 105 Å². The molecule has 1 amide bonds. The van der Waals surface area contributed by atoms with Gasteiger partial charge in [-0.3, -0.25) is 4.79 Å². The molecular weight excluding hydrogens is 242 g/mol. The standard InChI is InChI=1S/C12H14ClNOS/c1-2-6-14-10-8-9(13)3-4-11(10)16-7-5-12(14)15/h3-4,8H,2,5-7H2,1H3. The van der Waals surface area contributed by atoms with Crippen LogP contribution in [0.4, 0.5) is 5.69 Å². The molecule has 0 radical (unpaired) electrons. The zero-order valence-corrected chi connectivity index (χ0v) is 10.8. The molecule has 0 saturated heterocycles. The van der Waals surface area contributed by atoms with E-state index in [0.717, 1.165) is 29.3 Å².